The number of hydrogen-bond acceptors (Lipinski definition) is 4. The van der Waals surface area contributed by atoms with Crippen LogP contribution >= 0.6 is 23.2 Å². The Hall–Kier alpha value is -1.14. The number of rotatable bonds is 5. The Kier molecular flexibility index (Phi) is 4.99. The molecule has 0 saturated carbocycles. The first-order chi connectivity index (χ1) is 9.56. The van der Waals surface area contributed by atoms with Crippen LogP contribution in [-0.2, 0) is 13.0 Å². The van der Waals surface area contributed by atoms with Crippen LogP contribution in [0.2, 0.25) is 10.0 Å². The lowest BCUT2D eigenvalue weighted by Crippen LogP contribution is -2.31. The van der Waals surface area contributed by atoms with E-state index in [2.05, 4.69) is 15.5 Å². The van der Waals surface area contributed by atoms with E-state index in [4.69, 9.17) is 29.0 Å². The van der Waals surface area contributed by atoms with Crippen molar-refractivity contribution in [3.8, 4) is 0 Å². The van der Waals surface area contributed by atoms with Gasteiger partial charge in [-0.25, -0.2) is 0 Å². The van der Waals surface area contributed by atoms with Gasteiger partial charge in [-0.05, 0) is 26.0 Å². The van der Waals surface area contributed by atoms with E-state index in [0.29, 0.717) is 16.5 Å². The van der Waals surface area contributed by atoms with Crippen LogP contribution in [0, 0.1) is 6.92 Å². The Labute approximate surface area is 128 Å². The number of nitrogens with two attached hydrogens (primary N) is 1. The number of nitrogens with one attached hydrogen (secondary N) is 1. The van der Waals surface area contributed by atoms with Crippen molar-refractivity contribution in [3.63, 3.8) is 0 Å². The molecule has 0 radical (unpaired) electrons. The molecular formula is C13H17Cl2N5. The average molecular weight is 314 g/mol. The van der Waals surface area contributed by atoms with Crippen LogP contribution in [-0.4, -0.2) is 14.8 Å². The Balaban J connectivity index is 2.28. The highest BCUT2D eigenvalue weighted by atomic mass is 35.5. The summed E-state index contributed by atoms with van der Waals surface area (Å²) in [6.45, 7) is 4.68. The van der Waals surface area contributed by atoms with E-state index in [1.165, 1.54) is 0 Å². The minimum atomic E-state index is -0.147. The molecule has 2 heterocycles. The minimum absolute atomic E-state index is 0.147. The average Bonchev–Trinajstić information content (AvgIpc) is 2.73. The molecule has 1 atom stereocenters. The summed E-state index contributed by atoms with van der Waals surface area (Å²) in [6, 6.07) is 3.49. The normalized spacial score (nSPS) is 12.7. The van der Waals surface area contributed by atoms with Gasteiger partial charge in [0.25, 0.3) is 0 Å². The molecule has 7 heteroatoms. The van der Waals surface area contributed by atoms with E-state index in [1.54, 1.807) is 12.3 Å². The lowest BCUT2D eigenvalue weighted by molar-refractivity contribution is 0.507. The molecule has 1 unspecified atom stereocenters. The summed E-state index contributed by atoms with van der Waals surface area (Å²) in [6.07, 6.45) is 2.21. The summed E-state index contributed by atoms with van der Waals surface area (Å²) in [5.41, 5.74) is 5.36. The van der Waals surface area contributed by atoms with Crippen molar-refractivity contribution in [1.29, 1.82) is 0 Å². The van der Waals surface area contributed by atoms with Crippen molar-refractivity contribution in [1.82, 2.24) is 20.2 Å². The lowest BCUT2D eigenvalue weighted by Gasteiger charge is -2.16. The third-order valence-corrected chi connectivity index (χ3v) is 3.87. The lowest BCUT2D eigenvalue weighted by atomic mass is 10.1. The molecule has 2 rings (SSSR count). The molecule has 0 spiro atoms. The first-order valence-corrected chi connectivity index (χ1v) is 7.11. The van der Waals surface area contributed by atoms with E-state index >= 15 is 0 Å². The van der Waals surface area contributed by atoms with Crippen molar-refractivity contribution < 1.29 is 0 Å². The fourth-order valence-corrected chi connectivity index (χ4v) is 2.42. The monoisotopic (exact) mass is 313 g/mol. The predicted octanol–water partition coefficient (Wildman–Crippen LogP) is 2.66. The zero-order valence-electron chi connectivity index (χ0n) is 11.4. The highest BCUT2D eigenvalue weighted by Crippen LogP contribution is 2.25. The SMILES string of the molecule is CCn1nc(C)c(Cl)c1CC(NN)c1ccc(Cl)cn1. The fraction of sp³-hybridized carbons (Fsp3) is 0.385. The maximum absolute atomic E-state index is 6.31. The maximum atomic E-state index is 6.31. The highest BCUT2D eigenvalue weighted by molar-refractivity contribution is 6.31. The molecule has 108 valence electrons. The molecule has 2 aromatic heterocycles. The van der Waals surface area contributed by atoms with Crippen molar-refractivity contribution in [2.24, 2.45) is 5.84 Å². The quantitative estimate of drug-likeness (QED) is 0.657. The number of aromatic nitrogens is 3. The number of nitrogens with zero attached hydrogens (tertiary/aromatic N) is 3. The molecule has 0 aliphatic rings. The maximum Gasteiger partial charge on any atom is 0.0847 e. The van der Waals surface area contributed by atoms with Gasteiger partial charge >= 0.3 is 0 Å². The Morgan fingerprint density at radius 3 is 2.70 bits per heavy atom. The molecular weight excluding hydrogens is 297 g/mol. The second-order valence-corrected chi connectivity index (χ2v) is 5.30. The first-order valence-electron chi connectivity index (χ1n) is 6.36. The number of pyridine rings is 1. The number of halogens is 2. The molecule has 2 aromatic rings. The molecule has 0 aliphatic carbocycles. The predicted molar refractivity (Wildman–Crippen MR) is 80.7 cm³/mol. The summed E-state index contributed by atoms with van der Waals surface area (Å²) < 4.78 is 1.89. The second kappa shape index (κ2) is 6.54. The Bertz CT molecular complexity index is 579. The first kappa shape index (κ1) is 15.3. The van der Waals surface area contributed by atoms with Gasteiger partial charge in [0.15, 0.2) is 0 Å². The van der Waals surface area contributed by atoms with E-state index < -0.39 is 0 Å². The van der Waals surface area contributed by atoms with Gasteiger partial charge in [0.2, 0.25) is 0 Å². The topological polar surface area (TPSA) is 68.8 Å². The van der Waals surface area contributed by atoms with Crippen LogP contribution in [0.25, 0.3) is 0 Å². The summed E-state index contributed by atoms with van der Waals surface area (Å²) in [4.78, 5) is 4.29. The molecule has 20 heavy (non-hydrogen) atoms. The van der Waals surface area contributed by atoms with Crippen LogP contribution < -0.4 is 11.3 Å². The summed E-state index contributed by atoms with van der Waals surface area (Å²) in [5.74, 6) is 5.64. The van der Waals surface area contributed by atoms with E-state index in [-0.39, 0.29) is 6.04 Å². The van der Waals surface area contributed by atoms with Gasteiger partial charge in [0.05, 0.1) is 33.2 Å². The minimum Gasteiger partial charge on any atom is -0.271 e. The smallest absolute Gasteiger partial charge is 0.0847 e. The van der Waals surface area contributed by atoms with E-state index in [9.17, 15) is 0 Å². The van der Waals surface area contributed by atoms with Gasteiger partial charge in [0, 0.05) is 19.2 Å². The molecule has 3 N–H and O–H groups in total. The zero-order valence-corrected chi connectivity index (χ0v) is 12.9. The van der Waals surface area contributed by atoms with Crippen LogP contribution in [0.4, 0.5) is 0 Å². The number of hydrazine groups is 1. The summed E-state index contributed by atoms with van der Waals surface area (Å²) >= 11 is 12.2. The van der Waals surface area contributed by atoms with Gasteiger partial charge in [-0.1, -0.05) is 23.2 Å². The van der Waals surface area contributed by atoms with E-state index in [0.717, 1.165) is 23.6 Å². The van der Waals surface area contributed by atoms with Crippen molar-refractivity contribution in [2.45, 2.75) is 32.9 Å². The van der Waals surface area contributed by atoms with Crippen molar-refractivity contribution in [2.75, 3.05) is 0 Å². The largest absolute Gasteiger partial charge is 0.271 e. The highest BCUT2D eigenvalue weighted by Gasteiger charge is 2.19. The van der Waals surface area contributed by atoms with Gasteiger partial charge in [-0.3, -0.25) is 20.9 Å². The van der Waals surface area contributed by atoms with Crippen molar-refractivity contribution >= 4 is 23.2 Å². The van der Waals surface area contributed by atoms with Gasteiger partial charge in [-0.2, -0.15) is 5.10 Å². The zero-order chi connectivity index (χ0) is 14.7. The van der Waals surface area contributed by atoms with Gasteiger partial charge in [-0.15, -0.1) is 0 Å². The van der Waals surface area contributed by atoms with Crippen LogP contribution in [0.3, 0.4) is 0 Å². The molecule has 0 saturated heterocycles. The molecule has 0 aliphatic heterocycles. The van der Waals surface area contributed by atoms with E-state index in [1.807, 2.05) is 24.6 Å². The Morgan fingerprint density at radius 2 is 2.15 bits per heavy atom. The van der Waals surface area contributed by atoms with Crippen LogP contribution in [0.5, 0.6) is 0 Å². The third kappa shape index (κ3) is 3.12. The summed E-state index contributed by atoms with van der Waals surface area (Å²) in [5, 5.41) is 5.67. The number of aryl methyl sites for hydroxylation is 2. The standard InChI is InChI=1S/C13H17Cl2N5/c1-3-20-12(13(15)8(2)19-20)6-11(18-16)10-5-4-9(14)7-17-10/h4-5,7,11,18H,3,6,16H2,1-2H3. The van der Waals surface area contributed by atoms with Gasteiger partial charge < -0.3 is 0 Å². The molecule has 0 aromatic carbocycles. The van der Waals surface area contributed by atoms with Crippen LogP contribution in [0.1, 0.15) is 30.0 Å². The van der Waals surface area contributed by atoms with Gasteiger partial charge in [0.1, 0.15) is 0 Å². The number of hydrogen-bond donors (Lipinski definition) is 2. The molecule has 5 nitrogen and oxygen atoms in total. The Morgan fingerprint density at radius 1 is 1.40 bits per heavy atom. The molecule has 0 bridgehead atoms. The molecule has 0 amide bonds. The third-order valence-electron chi connectivity index (χ3n) is 3.16. The second-order valence-electron chi connectivity index (χ2n) is 4.49. The van der Waals surface area contributed by atoms with Crippen molar-refractivity contribution in [3.05, 3.63) is 45.5 Å². The van der Waals surface area contributed by atoms with Crippen LogP contribution in [0.15, 0.2) is 18.3 Å². The summed E-state index contributed by atoms with van der Waals surface area (Å²) in [7, 11) is 0. The fourth-order valence-electron chi connectivity index (χ4n) is 2.10. The molecule has 0 fully saturated rings.